The van der Waals surface area contributed by atoms with E-state index in [1.807, 2.05) is 25.3 Å². The topological polar surface area (TPSA) is 34.0 Å². The molecule has 0 aliphatic heterocycles. The lowest BCUT2D eigenvalue weighted by Gasteiger charge is -2.24. The number of nitrogens with one attached hydrogen (secondary N) is 1. The number of aromatic nitrogens is 1. The first-order valence-corrected chi connectivity index (χ1v) is 10.6. The lowest BCUT2D eigenvalue weighted by molar-refractivity contribution is 0.110. The molecule has 3 nitrogen and oxygen atoms in total. The molecule has 0 saturated heterocycles. The maximum atomic E-state index is 14.2. The van der Waals surface area contributed by atoms with Gasteiger partial charge in [0, 0.05) is 29.2 Å². The number of benzene rings is 1. The summed E-state index contributed by atoms with van der Waals surface area (Å²) in [5.74, 6) is -0.526. The quantitative estimate of drug-likeness (QED) is 0.580. The zero-order valence-corrected chi connectivity index (χ0v) is 18.8. The van der Waals surface area contributed by atoms with Crippen molar-refractivity contribution in [2.45, 2.75) is 65.3 Å². The molecule has 1 N–H and O–H groups in total. The highest BCUT2D eigenvalue weighted by atomic mass is 79.9. The summed E-state index contributed by atoms with van der Waals surface area (Å²) in [6, 6.07) is 1.39. The van der Waals surface area contributed by atoms with Gasteiger partial charge < -0.3 is 4.57 Å². The van der Waals surface area contributed by atoms with Crippen LogP contribution in [0.1, 0.15) is 53.1 Å². The van der Waals surface area contributed by atoms with Gasteiger partial charge in [0.25, 0.3) is 6.43 Å². The van der Waals surface area contributed by atoms with Gasteiger partial charge in [0.05, 0.1) is 20.2 Å². The van der Waals surface area contributed by atoms with Gasteiger partial charge in [-0.2, -0.15) is 0 Å². The SMILES string of the molecule is CC(C)(C)Cn1cc([C@H](N[S@@](=O)C(C)(C)C)C(F)F)c2cc(F)c(Br)cc21. The molecule has 0 saturated carbocycles. The second-order valence-electron chi connectivity index (χ2n) is 8.87. The predicted molar refractivity (Wildman–Crippen MR) is 109 cm³/mol. The van der Waals surface area contributed by atoms with Crippen LogP contribution in [0.2, 0.25) is 0 Å². The fourth-order valence-corrected chi connectivity index (χ4v) is 3.89. The van der Waals surface area contributed by atoms with Crippen molar-refractivity contribution in [1.29, 1.82) is 0 Å². The molecule has 1 aromatic carbocycles. The van der Waals surface area contributed by atoms with Gasteiger partial charge >= 0.3 is 0 Å². The summed E-state index contributed by atoms with van der Waals surface area (Å²) >= 11 is 3.17. The van der Waals surface area contributed by atoms with Crippen LogP contribution >= 0.6 is 15.9 Å². The minimum absolute atomic E-state index is 0.105. The minimum Gasteiger partial charge on any atom is -0.347 e. The Morgan fingerprint density at radius 1 is 1.19 bits per heavy atom. The molecule has 152 valence electrons. The Hall–Kier alpha value is -0.860. The molecular formula is C19H26BrF3N2OS. The van der Waals surface area contributed by atoms with E-state index in [4.69, 9.17) is 0 Å². The lowest BCUT2D eigenvalue weighted by Crippen LogP contribution is -2.38. The summed E-state index contributed by atoms with van der Waals surface area (Å²) < 4.78 is 58.3. The highest BCUT2D eigenvalue weighted by molar-refractivity contribution is 9.10. The molecule has 0 aliphatic carbocycles. The van der Waals surface area contributed by atoms with E-state index in [0.717, 1.165) is 0 Å². The van der Waals surface area contributed by atoms with Crippen LogP contribution in [-0.2, 0) is 17.5 Å². The normalized spacial score (nSPS) is 15.5. The van der Waals surface area contributed by atoms with Crippen LogP contribution in [0.5, 0.6) is 0 Å². The molecule has 2 aromatic rings. The Bertz CT molecular complexity index is 853. The van der Waals surface area contributed by atoms with E-state index in [1.165, 1.54) is 6.07 Å². The third-order valence-corrected chi connectivity index (χ3v) is 6.16. The summed E-state index contributed by atoms with van der Waals surface area (Å²) in [5.41, 5.74) is 0.793. The van der Waals surface area contributed by atoms with Gasteiger partial charge in [-0.15, -0.1) is 0 Å². The summed E-state index contributed by atoms with van der Waals surface area (Å²) in [6.07, 6.45) is -1.18. The number of hydrogen-bond acceptors (Lipinski definition) is 1. The summed E-state index contributed by atoms with van der Waals surface area (Å²) in [7, 11) is -1.69. The van der Waals surface area contributed by atoms with Crippen molar-refractivity contribution >= 4 is 37.8 Å². The van der Waals surface area contributed by atoms with Crippen molar-refractivity contribution in [3.8, 4) is 0 Å². The smallest absolute Gasteiger partial charge is 0.258 e. The van der Waals surface area contributed by atoms with Crippen LogP contribution in [0.25, 0.3) is 10.9 Å². The van der Waals surface area contributed by atoms with Crippen molar-refractivity contribution in [3.05, 3.63) is 34.2 Å². The van der Waals surface area contributed by atoms with Crippen LogP contribution in [0.3, 0.4) is 0 Å². The van der Waals surface area contributed by atoms with Gasteiger partial charge in [0.1, 0.15) is 11.9 Å². The maximum absolute atomic E-state index is 14.2. The van der Waals surface area contributed by atoms with Gasteiger partial charge in [0.2, 0.25) is 0 Å². The van der Waals surface area contributed by atoms with Crippen molar-refractivity contribution in [3.63, 3.8) is 0 Å². The molecule has 8 heteroatoms. The third kappa shape index (κ3) is 5.35. The predicted octanol–water partition coefficient (Wildman–Crippen LogP) is 5.95. The number of nitrogens with zero attached hydrogens (tertiary/aromatic N) is 1. The van der Waals surface area contributed by atoms with E-state index in [9.17, 15) is 17.4 Å². The highest BCUT2D eigenvalue weighted by Crippen LogP contribution is 2.35. The van der Waals surface area contributed by atoms with Gasteiger partial charge in [-0.05, 0) is 54.2 Å². The first-order chi connectivity index (χ1) is 12.2. The van der Waals surface area contributed by atoms with Gasteiger partial charge in [-0.3, -0.25) is 0 Å². The van der Waals surface area contributed by atoms with E-state index >= 15 is 0 Å². The average Bonchev–Trinajstić information content (AvgIpc) is 2.79. The number of alkyl halides is 2. The van der Waals surface area contributed by atoms with Crippen LogP contribution in [-0.4, -0.2) is 19.9 Å². The Labute approximate surface area is 169 Å². The number of rotatable bonds is 5. The van der Waals surface area contributed by atoms with Crippen molar-refractivity contribution in [1.82, 2.24) is 9.29 Å². The second-order valence-corrected chi connectivity index (χ2v) is 11.7. The monoisotopic (exact) mass is 466 g/mol. The fraction of sp³-hybridized carbons (Fsp3) is 0.579. The van der Waals surface area contributed by atoms with E-state index in [1.54, 1.807) is 33.0 Å². The molecule has 2 rings (SSSR count). The Morgan fingerprint density at radius 2 is 1.78 bits per heavy atom. The minimum atomic E-state index is -2.79. The number of halogens is 4. The summed E-state index contributed by atoms with van der Waals surface area (Å²) in [6.45, 7) is 11.8. The second kappa shape index (κ2) is 7.87. The molecule has 27 heavy (non-hydrogen) atoms. The number of hydrogen-bond donors (Lipinski definition) is 1. The van der Waals surface area contributed by atoms with E-state index < -0.39 is 34.0 Å². The average molecular weight is 467 g/mol. The van der Waals surface area contributed by atoms with Crippen LogP contribution < -0.4 is 4.72 Å². The van der Waals surface area contributed by atoms with E-state index in [0.29, 0.717) is 17.4 Å². The Balaban J connectivity index is 2.64. The zero-order chi connectivity index (χ0) is 20.7. The molecule has 0 bridgehead atoms. The molecular weight excluding hydrogens is 441 g/mol. The Morgan fingerprint density at radius 3 is 2.26 bits per heavy atom. The van der Waals surface area contributed by atoms with Crippen molar-refractivity contribution in [2.75, 3.05) is 0 Å². The van der Waals surface area contributed by atoms with Crippen molar-refractivity contribution < 1.29 is 17.4 Å². The first kappa shape index (κ1) is 22.4. The van der Waals surface area contributed by atoms with Gasteiger partial charge in [-0.25, -0.2) is 22.1 Å². The van der Waals surface area contributed by atoms with Crippen LogP contribution in [0.15, 0.2) is 22.8 Å². The lowest BCUT2D eigenvalue weighted by atomic mass is 9.97. The molecule has 0 radical (unpaired) electrons. The molecule has 0 spiro atoms. The van der Waals surface area contributed by atoms with E-state index in [-0.39, 0.29) is 15.5 Å². The molecule has 0 aliphatic rings. The zero-order valence-electron chi connectivity index (χ0n) is 16.4. The molecule has 1 aromatic heterocycles. The van der Waals surface area contributed by atoms with E-state index in [2.05, 4.69) is 20.7 Å². The largest absolute Gasteiger partial charge is 0.347 e. The molecule has 1 heterocycles. The first-order valence-electron chi connectivity index (χ1n) is 8.64. The molecule has 0 fully saturated rings. The highest BCUT2D eigenvalue weighted by Gasteiger charge is 2.32. The van der Waals surface area contributed by atoms with Crippen molar-refractivity contribution in [2.24, 2.45) is 5.41 Å². The number of fused-ring (bicyclic) bond motifs is 1. The third-order valence-electron chi connectivity index (χ3n) is 3.98. The van der Waals surface area contributed by atoms with Crippen LogP contribution in [0.4, 0.5) is 13.2 Å². The van der Waals surface area contributed by atoms with Gasteiger partial charge in [-0.1, -0.05) is 20.8 Å². The van der Waals surface area contributed by atoms with Gasteiger partial charge in [0.15, 0.2) is 0 Å². The summed E-state index contributed by atoms with van der Waals surface area (Å²) in [4.78, 5) is 0. The standard InChI is InChI=1S/C19H26BrF3N2OS/c1-18(2,3)10-25-9-12(11-7-14(21)13(20)8-15(11)25)16(17(22)23)24-27(26)19(4,5)6/h7-9,16-17,24H,10H2,1-6H3/t16-,27-/m0/s1. The Kier molecular flexibility index (Phi) is 6.54. The molecule has 2 atom stereocenters. The molecule has 0 amide bonds. The molecule has 0 unspecified atom stereocenters. The summed E-state index contributed by atoms with van der Waals surface area (Å²) in [5, 5.41) is 0.392. The van der Waals surface area contributed by atoms with Crippen LogP contribution in [0, 0.1) is 11.2 Å². The maximum Gasteiger partial charge on any atom is 0.258 e. The fourth-order valence-electron chi connectivity index (χ4n) is 2.74.